The van der Waals surface area contributed by atoms with Crippen LogP contribution in [0.25, 0.3) is 11.2 Å². The van der Waals surface area contributed by atoms with Gasteiger partial charge in [-0.15, -0.1) is 0 Å². The van der Waals surface area contributed by atoms with Gasteiger partial charge in [-0.2, -0.15) is 10.2 Å². The van der Waals surface area contributed by atoms with Crippen molar-refractivity contribution in [1.82, 2.24) is 19.5 Å². The lowest BCUT2D eigenvalue weighted by Gasteiger charge is -2.29. The van der Waals surface area contributed by atoms with Crippen molar-refractivity contribution >= 4 is 34.7 Å². The molecule has 4 N–H and O–H groups in total. The van der Waals surface area contributed by atoms with E-state index in [2.05, 4.69) is 20.6 Å². The second-order valence-electron chi connectivity index (χ2n) is 9.20. The van der Waals surface area contributed by atoms with Crippen molar-refractivity contribution in [3.8, 4) is 6.07 Å². The topological polar surface area (TPSA) is 144 Å². The summed E-state index contributed by atoms with van der Waals surface area (Å²) in [6.45, 7) is 1.33. The van der Waals surface area contributed by atoms with Crippen LogP contribution in [0.3, 0.4) is 0 Å². The number of primary amides is 1. The molecule has 36 heavy (non-hydrogen) atoms. The smallest absolute Gasteiger partial charge is 0.224 e. The number of carbonyl (C=O) groups is 1. The first kappa shape index (κ1) is 23.9. The van der Waals surface area contributed by atoms with Crippen LogP contribution in [0.4, 0.5) is 26.4 Å². The number of hydrogen-bond donors (Lipinski definition) is 3. The Morgan fingerprint density at radius 2 is 1.81 bits per heavy atom. The van der Waals surface area contributed by atoms with Gasteiger partial charge in [-0.25, -0.2) is 18.7 Å². The second kappa shape index (κ2) is 10.0. The number of nitrogens with zero attached hydrogens (tertiary/aromatic N) is 5. The predicted molar refractivity (Wildman–Crippen MR) is 127 cm³/mol. The molecule has 1 aromatic carbocycles. The number of nitrogens with one attached hydrogen (secondary N) is 2. The number of nitriles is 1. The highest BCUT2D eigenvalue weighted by molar-refractivity contribution is 5.78. The molecule has 1 amide bonds. The van der Waals surface area contributed by atoms with Crippen molar-refractivity contribution in [1.29, 1.82) is 5.26 Å². The Morgan fingerprint density at radius 1 is 1.11 bits per heavy atom. The molecule has 1 saturated heterocycles. The summed E-state index contributed by atoms with van der Waals surface area (Å²) < 4.78 is 36.6. The summed E-state index contributed by atoms with van der Waals surface area (Å²) >= 11 is 0. The summed E-state index contributed by atoms with van der Waals surface area (Å²) in [5.74, 6) is -1.71. The van der Waals surface area contributed by atoms with Crippen molar-refractivity contribution in [2.45, 2.75) is 50.6 Å². The van der Waals surface area contributed by atoms with Gasteiger partial charge in [0.05, 0.1) is 17.8 Å². The highest BCUT2D eigenvalue weighted by atomic mass is 19.1. The van der Waals surface area contributed by atoms with E-state index in [9.17, 15) is 13.6 Å². The third-order valence-electron chi connectivity index (χ3n) is 6.86. The molecule has 1 aliphatic carbocycles. The Labute approximate surface area is 205 Å². The Balaban J connectivity index is 1.53. The van der Waals surface area contributed by atoms with E-state index in [-0.39, 0.29) is 35.4 Å². The molecule has 3 heterocycles. The van der Waals surface area contributed by atoms with Crippen molar-refractivity contribution in [2.24, 2.45) is 11.7 Å². The number of anilines is 3. The average molecular weight is 497 g/mol. The molecule has 10 nitrogen and oxygen atoms in total. The number of halogens is 2. The summed E-state index contributed by atoms with van der Waals surface area (Å²) in [6, 6.07) is 3.72. The first-order chi connectivity index (χ1) is 17.4. The minimum atomic E-state index is -0.907. The van der Waals surface area contributed by atoms with Crippen molar-refractivity contribution in [3.05, 3.63) is 35.5 Å². The lowest BCUT2D eigenvalue weighted by Crippen LogP contribution is -2.29. The lowest BCUT2D eigenvalue weighted by atomic mass is 9.85. The molecule has 0 unspecified atom stereocenters. The summed E-state index contributed by atoms with van der Waals surface area (Å²) in [4.78, 5) is 25.3. The molecule has 0 bridgehead atoms. The van der Waals surface area contributed by atoms with E-state index < -0.39 is 17.3 Å². The van der Waals surface area contributed by atoms with Gasteiger partial charge < -0.3 is 21.1 Å². The average Bonchev–Trinajstić information content (AvgIpc) is 3.24. The molecule has 0 spiro atoms. The Kier molecular flexibility index (Phi) is 6.65. The van der Waals surface area contributed by atoms with Crippen molar-refractivity contribution in [3.63, 3.8) is 0 Å². The number of nitrogens with two attached hydrogens (primary N) is 1. The molecule has 1 aliphatic heterocycles. The summed E-state index contributed by atoms with van der Waals surface area (Å²) in [6.07, 6.45) is 5.68. The fraction of sp³-hybridized carbons (Fsp3) is 0.458. The van der Waals surface area contributed by atoms with Crippen LogP contribution in [0.5, 0.6) is 0 Å². The summed E-state index contributed by atoms with van der Waals surface area (Å²) in [7, 11) is 0. The highest BCUT2D eigenvalue weighted by Gasteiger charge is 2.30. The van der Waals surface area contributed by atoms with Crippen LogP contribution < -0.4 is 16.4 Å². The standard InChI is InChI=1S/C24H26F2N8O2/c25-17-9-13(11-27)10-18(26)20(17)32-24-31-19-12-29-23(30-15-5-7-36-8-6-15)33-22(19)34(24)16-3-1-14(2-4-16)21(28)35/h9-10,12,14-16H,1-8H2,(H2,28,35)(H,31,32)(H,29,30,33). The van der Waals surface area contributed by atoms with Gasteiger partial charge >= 0.3 is 0 Å². The maximum atomic E-state index is 14.7. The van der Waals surface area contributed by atoms with E-state index >= 15 is 0 Å². The van der Waals surface area contributed by atoms with Gasteiger partial charge in [0, 0.05) is 31.2 Å². The van der Waals surface area contributed by atoms with E-state index in [0.29, 0.717) is 56.0 Å². The summed E-state index contributed by atoms with van der Waals surface area (Å²) in [5.41, 5.74) is 5.94. The van der Waals surface area contributed by atoms with Crippen LogP contribution in [0, 0.1) is 28.9 Å². The molecule has 2 fully saturated rings. The molecule has 5 rings (SSSR count). The molecule has 12 heteroatoms. The number of aromatic nitrogens is 4. The second-order valence-corrected chi connectivity index (χ2v) is 9.20. The normalized spacial score (nSPS) is 20.7. The van der Waals surface area contributed by atoms with Crippen molar-refractivity contribution in [2.75, 3.05) is 23.8 Å². The van der Waals surface area contributed by atoms with Crippen LogP contribution in [0.15, 0.2) is 18.3 Å². The number of rotatable bonds is 6. The molecule has 0 atom stereocenters. The van der Waals surface area contributed by atoms with E-state index in [4.69, 9.17) is 20.7 Å². The third kappa shape index (κ3) is 4.79. The van der Waals surface area contributed by atoms with Gasteiger partial charge in [0.2, 0.25) is 17.8 Å². The lowest BCUT2D eigenvalue weighted by molar-refractivity contribution is -0.122. The first-order valence-electron chi connectivity index (χ1n) is 12.0. The summed E-state index contributed by atoms with van der Waals surface area (Å²) in [5, 5.41) is 15.1. The number of ether oxygens (including phenoxy) is 1. The van der Waals surface area contributed by atoms with E-state index in [1.807, 2.05) is 4.57 Å². The first-order valence-corrected chi connectivity index (χ1v) is 12.0. The van der Waals surface area contributed by atoms with E-state index in [0.717, 1.165) is 25.0 Å². The number of carbonyl (C=O) groups excluding carboxylic acids is 1. The molecule has 188 valence electrons. The highest BCUT2D eigenvalue weighted by Crippen LogP contribution is 2.37. The molecule has 0 radical (unpaired) electrons. The van der Waals surface area contributed by atoms with Crippen LogP contribution in [-0.4, -0.2) is 44.7 Å². The van der Waals surface area contributed by atoms with Gasteiger partial charge in [-0.05, 0) is 50.7 Å². The maximum absolute atomic E-state index is 14.7. The SMILES string of the molecule is N#Cc1cc(F)c(Nc2nc3cnc(NC4CCOCC4)nc3n2C2CCC(C(N)=O)CC2)c(F)c1. The van der Waals surface area contributed by atoms with E-state index in [1.165, 1.54) is 0 Å². The Bertz CT molecular complexity index is 1300. The zero-order valence-electron chi connectivity index (χ0n) is 19.5. The number of amides is 1. The van der Waals surface area contributed by atoms with Crippen LogP contribution in [-0.2, 0) is 9.53 Å². The molecule has 2 aliphatic rings. The zero-order valence-corrected chi connectivity index (χ0v) is 19.5. The molecular formula is C24H26F2N8O2. The molecule has 2 aromatic heterocycles. The maximum Gasteiger partial charge on any atom is 0.224 e. The van der Waals surface area contributed by atoms with Crippen LogP contribution in [0.2, 0.25) is 0 Å². The van der Waals surface area contributed by atoms with Crippen LogP contribution >= 0.6 is 0 Å². The largest absolute Gasteiger partial charge is 0.381 e. The van der Waals surface area contributed by atoms with Gasteiger partial charge in [-0.1, -0.05) is 0 Å². The monoisotopic (exact) mass is 496 g/mol. The fourth-order valence-electron chi connectivity index (χ4n) is 4.91. The van der Waals surface area contributed by atoms with Crippen molar-refractivity contribution < 1.29 is 18.3 Å². The van der Waals surface area contributed by atoms with Gasteiger partial charge in [-0.3, -0.25) is 9.36 Å². The molecule has 3 aromatic rings. The molecule has 1 saturated carbocycles. The third-order valence-corrected chi connectivity index (χ3v) is 6.86. The Hall–Kier alpha value is -3.85. The number of imidazole rings is 1. The number of fused-ring (bicyclic) bond motifs is 1. The molecular weight excluding hydrogens is 470 g/mol. The fourth-order valence-corrected chi connectivity index (χ4v) is 4.91. The van der Waals surface area contributed by atoms with E-state index in [1.54, 1.807) is 12.3 Å². The predicted octanol–water partition coefficient (Wildman–Crippen LogP) is 3.53. The van der Waals surface area contributed by atoms with Gasteiger partial charge in [0.1, 0.15) is 11.2 Å². The Morgan fingerprint density at radius 3 is 2.44 bits per heavy atom. The zero-order chi connectivity index (χ0) is 25.2. The van der Waals surface area contributed by atoms with Crippen LogP contribution in [0.1, 0.15) is 50.1 Å². The number of hydrogen-bond acceptors (Lipinski definition) is 8. The minimum Gasteiger partial charge on any atom is -0.381 e. The quantitative estimate of drug-likeness (QED) is 0.470. The minimum absolute atomic E-state index is 0.122. The van der Waals surface area contributed by atoms with Gasteiger partial charge in [0.25, 0.3) is 0 Å². The van der Waals surface area contributed by atoms with Gasteiger partial charge in [0.15, 0.2) is 17.3 Å². The number of benzene rings is 1.